The zero-order chi connectivity index (χ0) is 17.5. The van der Waals surface area contributed by atoms with Crippen molar-refractivity contribution in [3.63, 3.8) is 0 Å². The second kappa shape index (κ2) is 8.06. The summed E-state index contributed by atoms with van der Waals surface area (Å²) in [7, 11) is 6.06. The van der Waals surface area contributed by atoms with Crippen LogP contribution in [0.3, 0.4) is 0 Å². The minimum Gasteiger partial charge on any atom is -0.497 e. The molecule has 5 heteroatoms. The van der Waals surface area contributed by atoms with Crippen LogP contribution in [-0.4, -0.2) is 34.4 Å². The number of rotatable bonds is 6. The molecule has 5 nitrogen and oxygen atoms in total. The van der Waals surface area contributed by atoms with Gasteiger partial charge in [0, 0.05) is 6.07 Å². The topological polar surface area (TPSA) is 54.0 Å². The molecular weight excluding hydrogens is 308 g/mol. The van der Waals surface area contributed by atoms with Crippen LogP contribution in [-0.2, 0) is 4.74 Å². The van der Waals surface area contributed by atoms with Crippen LogP contribution in [0.4, 0.5) is 0 Å². The Morgan fingerprint density at radius 2 is 1.42 bits per heavy atom. The summed E-state index contributed by atoms with van der Waals surface area (Å²) in [5, 5.41) is 0. The van der Waals surface area contributed by atoms with Crippen LogP contribution in [0.5, 0.6) is 17.2 Å². The van der Waals surface area contributed by atoms with Gasteiger partial charge in [0.05, 0.1) is 28.4 Å². The van der Waals surface area contributed by atoms with Gasteiger partial charge in [0.15, 0.2) is 0 Å². The van der Waals surface area contributed by atoms with E-state index in [2.05, 4.69) is 0 Å². The first kappa shape index (κ1) is 17.4. The van der Waals surface area contributed by atoms with Crippen molar-refractivity contribution in [3.8, 4) is 17.2 Å². The highest BCUT2D eigenvalue weighted by atomic mass is 16.5. The molecule has 2 aromatic carbocycles. The first-order valence-corrected chi connectivity index (χ1v) is 7.28. The average molecular weight is 328 g/mol. The Balaban J connectivity index is 2.33. The Bertz CT molecular complexity index is 727. The lowest BCUT2D eigenvalue weighted by Crippen LogP contribution is -2.04. The highest BCUT2D eigenvalue weighted by Crippen LogP contribution is 2.25. The van der Waals surface area contributed by atoms with E-state index in [1.54, 1.807) is 32.4 Å². The van der Waals surface area contributed by atoms with E-state index in [4.69, 9.17) is 18.9 Å². The summed E-state index contributed by atoms with van der Waals surface area (Å²) in [6, 6.07) is 10.9. The van der Waals surface area contributed by atoms with Gasteiger partial charge in [-0.05, 0) is 35.4 Å². The number of carbonyl (C=O) groups is 1. The van der Waals surface area contributed by atoms with E-state index < -0.39 is 5.97 Å². The summed E-state index contributed by atoms with van der Waals surface area (Å²) in [5.41, 5.74) is 2.14. The summed E-state index contributed by atoms with van der Waals surface area (Å²) >= 11 is 0. The first-order valence-electron chi connectivity index (χ1n) is 7.28. The van der Waals surface area contributed by atoms with E-state index in [9.17, 15) is 4.79 Å². The molecule has 24 heavy (non-hydrogen) atoms. The summed E-state index contributed by atoms with van der Waals surface area (Å²) in [5.74, 6) is 1.45. The third-order valence-corrected chi connectivity index (χ3v) is 3.47. The zero-order valence-electron chi connectivity index (χ0n) is 14.2. The molecule has 0 bridgehead atoms. The van der Waals surface area contributed by atoms with Crippen LogP contribution in [0.15, 0.2) is 36.4 Å². The van der Waals surface area contributed by atoms with Gasteiger partial charge in [-0.15, -0.1) is 0 Å². The summed E-state index contributed by atoms with van der Waals surface area (Å²) in [6.07, 6.45) is 3.80. The van der Waals surface area contributed by atoms with Crippen molar-refractivity contribution < 1.29 is 23.7 Å². The number of hydrogen-bond donors (Lipinski definition) is 0. The number of methoxy groups -OCH3 is 4. The molecule has 0 spiro atoms. The standard InChI is InChI=1S/C19H20O5/c1-21-15-9-14(10-16(12-15)22-2)6-5-13-7-8-18(23-3)17(11-13)19(20)24-4/h5-12H,1-4H3. The third-order valence-electron chi connectivity index (χ3n) is 3.47. The van der Waals surface area contributed by atoms with Crippen LogP contribution in [0, 0.1) is 0 Å². The minimum absolute atomic E-state index is 0.380. The van der Waals surface area contributed by atoms with Crippen LogP contribution in [0.25, 0.3) is 12.2 Å². The fourth-order valence-corrected chi connectivity index (χ4v) is 2.22. The van der Waals surface area contributed by atoms with Gasteiger partial charge >= 0.3 is 5.97 Å². The number of benzene rings is 2. The van der Waals surface area contributed by atoms with Gasteiger partial charge in [0.1, 0.15) is 22.8 Å². The molecule has 0 unspecified atom stereocenters. The summed E-state index contributed by atoms with van der Waals surface area (Å²) in [6.45, 7) is 0. The van der Waals surface area contributed by atoms with Crippen LogP contribution in [0.1, 0.15) is 21.5 Å². The lowest BCUT2D eigenvalue weighted by atomic mass is 10.1. The molecule has 0 amide bonds. The van der Waals surface area contributed by atoms with Gasteiger partial charge in [-0.3, -0.25) is 0 Å². The molecule has 0 aliphatic rings. The van der Waals surface area contributed by atoms with Gasteiger partial charge < -0.3 is 18.9 Å². The second-order valence-electron chi connectivity index (χ2n) is 4.93. The van der Waals surface area contributed by atoms with Crippen molar-refractivity contribution in [2.75, 3.05) is 28.4 Å². The fraction of sp³-hybridized carbons (Fsp3) is 0.211. The normalized spacial score (nSPS) is 10.5. The van der Waals surface area contributed by atoms with E-state index in [0.717, 1.165) is 11.1 Å². The molecule has 0 N–H and O–H groups in total. The van der Waals surface area contributed by atoms with Crippen molar-refractivity contribution >= 4 is 18.1 Å². The van der Waals surface area contributed by atoms with Gasteiger partial charge in [-0.25, -0.2) is 4.79 Å². The Morgan fingerprint density at radius 3 is 1.96 bits per heavy atom. The highest BCUT2D eigenvalue weighted by Gasteiger charge is 2.12. The van der Waals surface area contributed by atoms with Gasteiger partial charge in [0.2, 0.25) is 0 Å². The molecule has 0 aliphatic heterocycles. The number of ether oxygens (including phenoxy) is 4. The first-order chi connectivity index (χ1) is 11.6. The molecule has 0 saturated carbocycles. The SMILES string of the molecule is COC(=O)c1cc(C=Cc2cc(OC)cc(OC)c2)ccc1OC. The van der Waals surface area contributed by atoms with Crippen molar-refractivity contribution in [2.45, 2.75) is 0 Å². The van der Waals surface area contributed by atoms with Crippen molar-refractivity contribution in [3.05, 3.63) is 53.1 Å². The number of esters is 1. The molecule has 0 heterocycles. The number of carbonyl (C=O) groups excluding carboxylic acids is 1. The largest absolute Gasteiger partial charge is 0.497 e. The minimum atomic E-state index is -0.440. The molecule has 126 valence electrons. The molecule has 2 aromatic rings. The number of hydrogen-bond acceptors (Lipinski definition) is 5. The smallest absolute Gasteiger partial charge is 0.341 e. The fourth-order valence-electron chi connectivity index (χ4n) is 2.22. The van der Waals surface area contributed by atoms with Crippen LogP contribution in [0.2, 0.25) is 0 Å². The molecule has 0 radical (unpaired) electrons. The maximum Gasteiger partial charge on any atom is 0.341 e. The van der Waals surface area contributed by atoms with E-state index >= 15 is 0 Å². The predicted octanol–water partition coefficient (Wildman–Crippen LogP) is 3.67. The van der Waals surface area contributed by atoms with Crippen molar-refractivity contribution in [2.24, 2.45) is 0 Å². The molecule has 2 rings (SSSR count). The Morgan fingerprint density at radius 1 is 0.792 bits per heavy atom. The third kappa shape index (κ3) is 4.07. The maximum atomic E-state index is 11.8. The maximum absolute atomic E-state index is 11.8. The molecular formula is C19H20O5. The monoisotopic (exact) mass is 328 g/mol. The van der Waals surface area contributed by atoms with Crippen molar-refractivity contribution in [1.82, 2.24) is 0 Å². The Labute approximate surface area is 141 Å². The zero-order valence-corrected chi connectivity index (χ0v) is 14.2. The van der Waals surface area contributed by atoms with E-state index in [1.165, 1.54) is 14.2 Å². The second-order valence-corrected chi connectivity index (χ2v) is 4.93. The highest BCUT2D eigenvalue weighted by molar-refractivity contribution is 5.93. The molecule has 0 saturated heterocycles. The lowest BCUT2D eigenvalue weighted by Gasteiger charge is -2.08. The van der Waals surface area contributed by atoms with Crippen LogP contribution < -0.4 is 14.2 Å². The molecule has 0 aromatic heterocycles. The van der Waals surface area contributed by atoms with Crippen LogP contribution >= 0.6 is 0 Å². The van der Waals surface area contributed by atoms with E-state index in [-0.39, 0.29) is 0 Å². The molecule has 0 atom stereocenters. The van der Waals surface area contributed by atoms with Gasteiger partial charge in [0.25, 0.3) is 0 Å². The average Bonchev–Trinajstić information content (AvgIpc) is 2.64. The lowest BCUT2D eigenvalue weighted by molar-refractivity contribution is 0.0597. The van der Waals surface area contributed by atoms with Gasteiger partial charge in [-0.2, -0.15) is 0 Å². The summed E-state index contributed by atoms with van der Waals surface area (Å²) < 4.78 is 20.5. The summed E-state index contributed by atoms with van der Waals surface area (Å²) in [4.78, 5) is 11.8. The Kier molecular flexibility index (Phi) is 5.84. The molecule has 0 fully saturated rings. The van der Waals surface area contributed by atoms with Gasteiger partial charge in [-0.1, -0.05) is 18.2 Å². The Hall–Kier alpha value is -2.95. The quantitative estimate of drug-likeness (QED) is 0.598. The van der Waals surface area contributed by atoms with Crippen molar-refractivity contribution in [1.29, 1.82) is 0 Å². The van der Waals surface area contributed by atoms with E-state index in [1.807, 2.05) is 30.4 Å². The predicted molar refractivity (Wildman–Crippen MR) is 92.8 cm³/mol. The molecule has 0 aliphatic carbocycles. The van der Waals surface area contributed by atoms with E-state index in [0.29, 0.717) is 22.8 Å².